The maximum atomic E-state index is 13.5. The van der Waals surface area contributed by atoms with Gasteiger partial charge in [0.1, 0.15) is 11.6 Å². The number of carbonyl (C=O) groups excluding carboxylic acids is 2. The molecule has 1 fully saturated rings. The molecule has 0 radical (unpaired) electrons. The number of aryl methyl sites for hydroxylation is 1. The van der Waals surface area contributed by atoms with E-state index >= 15 is 0 Å². The number of aromatic nitrogens is 1. The van der Waals surface area contributed by atoms with Gasteiger partial charge in [-0.25, -0.2) is 4.39 Å². The van der Waals surface area contributed by atoms with Gasteiger partial charge >= 0.3 is 0 Å². The van der Waals surface area contributed by atoms with Crippen LogP contribution in [-0.2, 0) is 16.0 Å². The number of aliphatic hydroxyl groups excluding tert-OH is 1. The molecule has 0 bridgehead atoms. The maximum absolute atomic E-state index is 13.5. The van der Waals surface area contributed by atoms with Crippen molar-refractivity contribution in [3.63, 3.8) is 0 Å². The first-order valence-corrected chi connectivity index (χ1v) is 9.57. The second-order valence-electron chi connectivity index (χ2n) is 6.98. The van der Waals surface area contributed by atoms with E-state index in [2.05, 4.69) is 4.98 Å². The molecule has 30 heavy (non-hydrogen) atoms. The number of carbonyl (C=O) groups is 2. The van der Waals surface area contributed by atoms with Gasteiger partial charge in [0.15, 0.2) is 0 Å². The first-order chi connectivity index (χ1) is 14.5. The summed E-state index contributed by atoms with van der Waals surface area (Å²) in [5, 5.41) is 10.9. The molecule has 1 aromatic heterocycles. The largest absolute Gasteiger partial charge is 0.507 e. The lowest BCUT2D eigenvalue weighted by Gasteiger charge is -2.25. The zero-order valence-corrected chi connectivity index (χ0v) is 16.2. The summed E-state index contributed by atoms with van der Waals surface area (Å²) < 4.78 is 13.5. The van der Waals surface area contributed by atoms with Crippen molar-refractivity contribution in [1.29, 1.82) is 0 Å². The zero-order valence-electron chi connectivity index (χ0n) is 16.2. The third-order valence-corrected chi connectivity index (χ3v) is 5.21. The lowest BCUT2D eigenvalue weighted by molar-refractivity contribution is -0.132. The van der Waals surface area contributed by atoms with E-state index in [1.165, 1.54) is 41.6 Å². The van der Waals surface area contributed by atoms with Gasteiger partial charge in [-0.05, 0) is 53.9 Å². The number of ketones is 1. The predicted octanol–water partition coefficient (Wildman–Crippen LogP) is 4.41. The van der Waals surface area contributed by atoms with Crippen LogP contribution < -0.4 is 4.90 Å². The fourth-order valence-corrected chi connectivity index (χ4v) is 3.62. The van der Waals surface area contributed by atoms with E-state index in [1.807, 2.05) is 19.1 Å². The molecule has 5 nitrogen and oxygen atoms in total. The summed E-state index contributed by atoms with van der Waals surface area (Å²) in [6.45, 7) is 2.02. The number of amides is 1. The Kier molecular flexibility index (Phi) is 5.14. The fourth-order valence-electron chi connectivity index (χ4n) is 3.62. The molecule has 1 aliphatic heterocycles. The quantitative estimate of drug-likeness (QED) is 0.399. The number of hydrogen-bond acceptors (Lipinski definition) is 4. The summed E-state index contributed by atoms with van der Waals surface area (Å²) in [6.07, 6.45) is 3.81. The first-order valence-electron chi connectivity index (χ1n) is 9.57. The van der Waals surface area contributed by atoms with E-state index in [0.717, 1.165) is 12.0 Å². The molecule has 1 atom stereocenters. The van der Waals surface area contributed by atoms with Crippen molar-refractivity contribution in [2.45, 2.75) is 19.4 Å². The molecule has 1 amide bonds. The SMILES string of the molecule is CCc1ccc(N2C(=O)C(=O)/C(=C(\O)c3ccncc3)C2c2ccc(F)cc2)cc1. The molecular weight excluding hydrogens is 383 g/mol. The Balaban J connectivity index is 1.92. The van der Waals surface area contributed by atoms with E-state index in [4.69, 9.17) is 0 Å². The van der Waals surface area contributed by atoms with E-state index < -0.39 is 23.5 Å². The zero-order chi connectivity index (χ0) is 21.3. The first kappa shape index (κ1) is 19.5. The molecule has 4 rings (SSSR count). The van der Waals surface area contributed by atoms with E-state index in [-0.39, 0.29) is 11.3 Å². The van der Waals surface area contributed by atoms with Gasteiger partial charge in [0, 0.05) is 23.6 Å². The smallest absolute Gasteiger partial charge is 0.300 e. The normalized spacial score (nSPS) is 18.1. The van der Waals surface area contributed by atoms with Crippen molar-refractivity contribution in [2.75, 3.05) is 4.90 Å². The van der Waals surface area contributed by atoms with E-state index in [1.54, 1.807) is 24.3 Å². The molecule has 1 unspecified atom stereocenters. The highest BCUT2D eigenvalue weighted by molar-refractivity contribution is 6.51. The van der Waals surface area contributed by atoms with Crippen molar-refractivity contribution in [1.82, 2.24) is 4.98 Å². The van der Waals surface area contributed by atoms with Crippen molar-refractivity contribution in [3.05, 3.63) is 101 Å². The fraction of sp³-hybridized carbons (Fsp3) is 0.125. The molecule has 1 aliphatic rings. The van der Waals surface area contributed by atoms with Crippen molar-refractivity contribution in [3.8, 4) is 0 Å². The molecule has 3 aromatic rings. The number of Topliss-reactive ketones (excluding diaryl/α,β-unsaturated/α-hetero) is 1. The monoisotopic (exact) mass is 402 g/mol. The Hall–Kier alpha value is -3.80. The number of benzene rings is 2. The van der Waals surface area contributed by atoms with Crippen molar-refractivity contribution < 1.29 is 19.1 Å². The van der Waals surface area contributed by atoms with Crippen LogP contribution in [0, 0.1) is 5.82 Å². The Bertz CT molecular complexity index is 1120. The third-order valence-electron chi connectivity index (χ3n) is 5.21. The van der Waals surface area contributed by atoms with Gasteiger partial charge in [0.05, 0.1) is 11.6 Å². The van der Waals surface area contributed by atoms with Gasteiger partial charge in [-0.1, -0.05) is 31.2 Å². The van der Waals surface area contributed by atoms with Gasteiger partial charge in [-0.3, -0.25) is 19.5 Å². The Morgan fingerprint density at radius 2 is 1.63 bits per heavy atom. The second-order valence-corrected chi connectivity index (χ2v) is 6.98. The topological polar surface area (TPSA) is 70.5 Å². The minimum atomic E-state index is -0.883. The van der Waals surface area contributed by atoms with Gasteiger partial charge < -0.3 is 5.11 Å². The van der Waals surface area contributed by atoms with Crippen LogP contribution >= 0.6 is 0 Å². The molecule has 0 spiro atoms. The summed E-state index contributed by atoms with van der Waals surface area (Å²) in [5.41, 5.74) is 2.46. The number of anilines is 1. The number of halogens is 1. The van der Waals surface area contributed by atoms with Gasteiger partial charge in [0.25, 0.3) is 11.7 Å². The number of hydrogen-bond donors (Lipinski definition) is 1. The van der Waals surface area contributed by atoms with Crippen LogP contribution in [0.1, 0.15) is 29.7 Å². The van der Waals surface area contributed by atoms with Gasteiger partial charge in [-0.15, -0.1) is 0 Å². The number of nitrogens with zero attached hydrogens (tertiary/aromatic N) is 2. The number of pyridine rings is 1. The van der Waals surface area contributed by atoms with Gasteiger partial charge in [0.2, 0.25) is 0 Å². The van der Waals surface area contributed by atoms with E-state index in [0.29, 0.717) is 16.8 Å². The average molecular weight is 402 g/mol. The predicted molar refractivity (Wildman–Crippen MR) is 111 cm³/mol. The minimum absolute atomic E-state index is 0.0441. The second kappa shape index (κ2) is 7.91. The summed E-state index contributed by atoms with van der Waals surface area (Å²) >= 11 is 0. The molecule has 1 saturated heterocycles. The van der Waals surface area contributed by atoms with Gasteiger partial charge in [-0.2, -0.15) is 0 Å². The number of rotatable bonds is 4. The molecule has 2 aromatic carbocycles. The summed E-state index contributed by atoms with van der Waals surface area (Å²) in [6, 6.07) is 15.1. The van der Waals surface area contributed by atoms with Crippen LogP contribution in [0.2, 0.25) is 0 Å². The van der Waals surface area contributed by atoms with Crippen molar-refractivity contribution >= 4 is 23.1 Å². The van der Waals surface area contributed by atoms with Crippen LogP contribution in [0.25, 0.3) is 5.76 Å². The highest BCUT2D eigenvalue weighted by Crippen LogP contribution is 2.42. The Morgan fingerprint density at radius 3 is 2.23 bits per heavy atom. The number of aliphatic hydroxyl groups is 1. The Morgan fingerprint density at radius 1 is 1.00 bits per heavy atom. The summed E-state index contributed by atoms with van der Waals surface area (Å²) in [4.78, 5) is 31.2. The van der Waals surface area contributed by atoms with Crippen molar-refractivity contribution in [2.24, 2.45) is 0 Å². The molecule has 6 heteroatoms. The van der Waals surface area contributed by atoms with Crippen LogP contribution in [0.4, 0.5) is 10.1 Å². The molecule has 1 N–H and O–H groups in total. The van der Waals surface area contributed by atoms with E-state index in [9.17, 15) is 19.1 Å². The summed E-state index contributed by atoms with van der Waals surface area (Å²) in [7, 11) is 0. The lowest BCUT2D eigenvalue weighted by Crippen LogP contribution is -2.29. The average Bonchev–Trinajstić information content (AvgIpc) is 3.05. The Labute approximate surface area is 173 Å². The third kappa shape index (κ3) is 3.37. The maximum Gasteiger partial charge on any atom is 0.300 e. The molecule has 150 valence electrons. The van der Waals surface area contributed by atoms with Crippen LogP contribution in [0.5, 0.6) is 0 Å². The lowest BCUT2D eigenvalue weighted by atomic mass is 9.95. The minimum Gasteiger partial charge on any atom is -0.507 e. The highest BCUT2D eigenvalue weighted by Gasteiger charge is 2.46. The molecule has 0 saturated carbocycles. The molecule has 2 heterocycles. The van der Waals surface area contributed by atoms with Crippen LogP contribution in [-0.4, -0.2) is 21.8 Å². The van der Waals surface area contributed by atoms with Crippen LogP contribution in [0.15, 0.2) is 78.6 Å². The highest BCUT2D eigenvalue weighted by atomic mass is 19.1. The summed E-state index contributed by atoms with van der Waals surface area (Å²) in [5.74, 6) is -2.27. The standard InChI is InChI=1S/C24H19FN2O3/c1-2-15-3-9-19(10-4-15)27-21(16-5-7-18(25)8-6-16)20(23(29)24(27)30)22(28)17-11-13-26-14-12-17/h3-14,21,28H,2H2,1H3/b22-20-. The molecule has 0 aliphatic carbocycles. The van der Waals surface area contributed by atoms with Crippen LogP contribution in [0.3, 0.4) is 0 Å². The molecular formula is C24H19FN2O3.